The average Bonchev–Trinajstić information content (AvgIpc) is 2.30. The molecule has 0 heterocycles. The van der Waals surface area contributed by atoms with Gasteiger partial charge in [0.05, 0.1) is 12.7 Å². The highest BCUT2D eigenvalue weighted by Gasteiger charge is 2.05. The standard InChI is InChI=1S/C13H28O4S/c1-3-4-5-6-7-8-9-10-11-16-12-13(2)17-18(14)15/h13H,3-12H2,1-2H3,(H,14,15). The third kappa shape index (κ3) is 14.1. The van der Waals surface area contributed by atoms with Crippen LogP contribution < -0.4 is 0 Å². The largest absolute Gasteiger partial charge is 0.379 e. The molecule has 0 spiro atoms. The average molecular weight is 280 g/mol. The van der Waals surface area contributed by atoms with Gasteiger partial charge in [0.2, 0.25) is 0 Å². The Bertz CT molecular complexity index is 199. The van der Waals surface area contributed by atoms with Crippen molar-refractivity contribution in [2.24, 2.45) is 0 Å². The monoisotopic (exact) mass is 280 g/mol. The van der Waals surface area contributed by atoms with E-state index in [4.69, 9.17) is 9.29 Å². The molecule has 0 saturated carbocycles. The summed E-state index contributed by atoms with van der Waals surface area (Å²) in [6.45, 7) is 5.04. The molecular weight excluding hydrogens is 252 g/mol. The van der Waals surface area contributed by atoms with Crippen LogP contribution in [0.4, 0.5) is 0 Å². The van der Waals surface area contributed by atoms with E-state index in [1.54, 1.807) is 6.92 Å². The molecule has 0 rings (SSSR count). The molecule has 0 bridgehead atoms. The highest BCUT2D eigenvalue weighted by molar-refractivity contribution is 7.74. The van der Waals surface area contributed by atoms with Gasteiger partial charge in [0, 0.05) is 6.61 Å². The number of rotatable bonds is 13. The summed E-state index contributed by atoms with van der Waals surface area (Å²) in [4.78, 5) is 0. The van der Waals surface area contributed by atoms with Crippen LogP contribution in [0.2, 0.25) is 0 Å². The van der Waals surface area contributed by atoms with E-state index in [0.29, 0.717) is 13.2 Å². The highest BCUT2D eigenvalue weighted by atomic mass is 32.2. The summed E-state index contributed by atoms with van der Waals surface area (Å²) in [6.07, 6.45) is 9.89. The van der Waals surface area contributed by atoms with Crippen LogP contribution in [0.1, 0.15) is 65.2 Å². The summed E-state index contributed by atoms with van der Waals surface area (Å²) in [5, 5.41) is 0. The molecule has 0 aliphatic heterocycles. The lowest BCUT2D eigenvalue weighted by Gasteiger charge is -2.09. The molecular formula is C13H28O4S. The Morgan fingerprint density at radius 3 is 2.17 bits per heavy atom. The Kier molecular flexibility index (Phi) is 13.5. The summed E-state index contributed by atoms with van der Waals surface area (Å²) in [5.74, 6) is 0. The molecule has 18 heavy (non-hydrogen) atoms. The zero-order valence-electron chi connectivity index (χ0n) is 11.7. The highest BCUT2D eigenvalue weighted by Crippen LogP contribution is 2.08. The minimum Gasteiger partial charge on any atom is -0.379 e. The van der Waals surface area contributed by atoms with Crippen LogP contribution in [-0.4, -0.2) is 28.1 Å². The minimum atomic E-state index is -2.19. The fourth-order valence-electron chi connectivity index (χ4n) is 1.76. The lowest BCUT2D eigenvalue weighted by molar-refractivity contribution is 0.0586. The van der Waals surface area contributed by atoms with Crippen LogP contribution in [0.5, 0.6) is 0 Å². The van der Waals surface area contributed by atoms with Gasteiger partial charge in [0.1, 0.15) is 0 Å². The molecule has 0 radical (unpaired) electrons. The van der Waals surface area contributed by atoms with Gasteiger partial charge in [0.15, 0.2) is 0 Å². The van der Waals surface area contributed by atoms with E-state index >= 15 is 0 Å². The maximum atomic E-state index is 10.3. The van der Waals surface area contributed by atoms with E-state index in [-0.39, 0.29) is 6.10 Å². The Hall–Kier alpha value is 0.0300. The molecule has 0 aliphatic rings. The Labute approximate surface area is 114 Å². The third-order valence-electron chi connectivity index (χ3n) is 2.74. The van der Waals surface area contributed by atoms with E-state index in [9.17, 15) is 4.21 Å². The van der Waals surface area contributed by atoms with Crippen LogP contribution in [0.3, 0.4) is 0 Å². The smallest absolute Gasteiger partial charge is 0.302 e. The first-order valence-corrected chi connectivity index (χ1v) is 8.05. The number of hydrogen-bond donors (Lipinski definition) is 1. The molecule has 110 valence electrons. The molecule has 0 aliphatic carbocycles. The first kappa shape index (κ1) is 18.0. The van der Waals surface area contributed by atoms with Gasteiger partial charge in [0.25, 0.3) is 0 Å². The molecule has 1 N–H and O–H groups in total. The van der Waals surface area contributed by atoms with Crippen molar-refractivity contribution in [1.82, 2.24) is 0 Å². The molecule has 2 atom stereocenters. The van der Waals surface area contributed by atoms with Gasteiger partial charge in [-0.15, -0.1) is 0 Å². The number of hydrogen-bond acceptors (Lipinski definition) is 3. The molecule has 0 aromatic carbocycles. The van der Waals surface area contributed by atoms with Gasteiger partial charge >= 0.3 is 11.4 Å². The fraction of sp³-hybridized carbons (Fsp3) is 1.00. The zero-order valence-corrected chi connectivity index (χ0v) is 12.5. The van der Waals surface area contributed by atoms with Gasteiger partial charge < -0.3 is 4.74 Å². The molecule has 5 heteroatoms. The van der Waals surface area contributed by atoms with Crippen LogP contribution in [0, 0.1) is 0 Å². The van der Waals surface area contributed by atoms with Crippen molar-refractivity contribution in [3.05, 3.63) is 0 Å². The summed E-state index contributed by atoms with van der Waals surface area (Å²) in [5.41, 5.74) is 0. The lowest BCUT2D eigenvalue weighted by atomic mass is 10.1. The molecule has 0 saturated heterocycles. The molecule has 0 aromatic rings. The predicted molar refractivity (Wildman–Crippen MR) is 74.7 cm³/mol. The van der Waals surface area contributed by atoms with Crippen molar-refractivity contribution >= 4 is 11.4 Å². The predicted octanol–water partition coefficient (Wildman–Crippen LogP) is 3.69. The van der Waals surface area contributed by atoms with E-state index < -0.39 is 11.4 Å². The van der Waals surface area contributed by atoms with Crippen LogP contribution in [0.15, 0.2) is 0 Å². The molecule has 0 fully saturated rings. The van der Waals surface area contributed by atoms with Crippen molar-refractivity contribution in [3.8, 4) is 0 Å². The second-order valence-electron chi connectivity index (χ2n) is 4.67. The summed E-state index contributed by atoms with van der Waals surface area (Å²) in [7, 11) is 0. The maximum Gasteiger partial charge on any atom is 0.302 e. The first-order valence-electron chi connectivity index (χ1n) is 7.02. The van der Waals surface area contributed by atoms with E-state index in [0.717, 1.165) is 6.42 Å². The Balaban J connectivity index is 3.09. The van der Waals surface area contributed by atoms with Crippen molar-refractivity contribution in [3.63, 3.8) is 0 Å². The maximum absolute atomic E-state index is 10.3. The number of unbranched alkanes of at least 4 members (excludes halogenated alkanes) is 7. The Morgan fingerprint density at radius 1 is 1.06 bits per heavy atom. The van der Waals surface area contributed by atoms with Crippen molar-refractivity contribution in [2.45, 2.75) is 71.3 Å². The van der Waals surface area contributed by atoms with Crippen LogP contribution >= 0.6 is 0 Å². The molecule has 4 nitrogen and oxygen atoms in total. The third-order valence-corrected chi connectivity index (χ3v) is 3.23. The summed E-state index contributed by atoms with van der Waals surface area (Å²) >= 11 is -2.19. The van der Waals surface area contributed by atoms with Crippen molar-refractivity contribution in [2.75, 3.05) is 13.2 Å². The van der Waals surface area contributed by atoms with Crippen molar-refractivity contribution < 1.29 is 17.7 Å². The summed E-state index contributed by atoms with van der Waals surface area (Å²) in [6, 6.07) is 0. The first-order chi connectivity index (χ1) is 8.66. The topological polar surface area (TPSA) is 55.8 Å². The van der Waals surface area contributed by atoms with E-state index in [2.05, 4.69) is 11.1 Å². The van der Waals surface area contributed by atoms with Crippen LogP contribution in [-0.2, 0) is 20.3 Å². The van der Waals surface area contributed by atoms with Gasteiger partial charge in [-0.05, 0) is 13.3 Å². The second-order valence-corrected chi connectivity index (χ2v) is 5.30. The van der Waals surface area contributed by atoms with E-state index in [1.807, 2.05) is 0 Å². The minimum absolute atomic E-state index is 0.329. The van der Waals surface area contributed by atoms with Gasteiger partial charge in [-0.1, -0.05) is 51.9 Å². The summed E-state index contributed by atoms with van der Waals surface area (Å²) < 4.78 is 28.8. The van der Waals surface area contributed by atoms with Crippen molar-refractivity contribution in [1.29, 1.82) is 0 Å². The SMILES string of the molecule is CCCCCCCCCCOCC(C)OS(=O)O. The second kappa shape index (κ2) is 13.5. The molecule has 0 aromatic heterocycles. The zero-order chi connectivity index (χ0) is 13.6. The van der Waals surface area contributed by atoms with Gasteiger partial charge in [-0.25, -0.2) is 0 Å². The lowest BCUT2D eigenvalue weighted by Crippen LogP contribution is -2.17. The van der Waals surface area contributed by atoms with Crippen LogP contribution in [0.25, 0.3) is 0 Å². The fourth-order valence-corrected chi connectivity index (χ4v) is 2.09. The quantitative estimate of drug-likeness (QED) is 0.413. The Morgan fingerprint density at radius 2 is 1.61 bits per heavy atom. The molecule has 0 amide bonds. The van der Waals surface area contributed by atoms with Gasteiger partial charge in [-0.2, -0.15) is 4.21 Å². The normalized spacial score (nSPS) is 14.6. The molecule has 2 unspecified atom stereocenters. The number of ether oxygens (including phenoxy) is 1. The van der Waals surface area contributed by atoms with Gasteiger partial charge in [-0.3, -0.25) is 8.74 Å². The van der Waals surface area contributed by atoms with E-state index in [1.165, 1.54) is 44.9 Å².